The van der Waals surface area contributed by atoms with Gasteiger partial charge < -0.3 is 16.8 Å². The van der Waals surface area contributed by atoms with Crippen LogP contribution in [0.5, 0.6) is 0 Å². The Balaban J connectivity index is 1.99. The summed E-state index contributed by atoms with van der Waals surface area (Å²) in [7, 11) is 0. The predicted octanol–water partition coefficient (Wildman–Crippen LogP) is 2.16. The van der Waals surface area contributed by atoms with Crippen LogP contribution in [0.1, 0.15) is 43.0 Å². The van der Waals surface area contributed by atoms with E-state index in [-0.39, 0.29) is 11.9 Å². The average molecular weight is 247 g/mol. The quantitative estimate of drug-likeness (QED) is 0.700. The molecule has 4 heteroatoms. The highest BCUT2D eigenvalue weighted by atomic mass is 16.1. The Morgan fingerprint density at radius 3 is 2.22 bits per heavy atom. The number of carbonyl (C=O) groups excluding carboxylic acids is 1. The van der Waals surface area contributed by atoms with E-state index in [1.165, 1.54) is 12.8 Å². The van der Waals surface area contributed by atoms with Gasteiger partial charge >= 0.3 is 0 Å². The first-order valence-electron chi connectivity index (χ1n) is 6.51. The molecule has 1 saturated carbocycles. The Morgan fingerprint density at radius 2 is 1.67 bits per heavy atom. The Bertz CT molecular complexity index is 416. The molecule has 4 nitrogen and oxygen atoms in total. The minimum absolute atomic E-state index is 0.0754. The molecule has 0 atom stereocenters. The molecule has 0 heterocycles. The largest absolute Gasteiger partial charge is 0.399 e. The number of rotatable bonds is 2. The van der Waals surface area contributed by atoms with Crippen molar-refractivity contribution in [1.29, 1.82) is 0 Å². The second-order valence-electron chi connectivity index (χ2n) is 5.32. The molecule has 0 spiro atoms. The fourth-order valence-electron chi connectivity index (χ4n) is 2.48. The van der Waals surface area contributed by atoms with Crippen LogP contribution in [-0.4, -0.2) is 11.9 Å². The number of nitrogens with one attached hydrogen (secondary N) is 1. The average Bonchev–Trinajstić information content (AvgIpc) is 2.31. The Labute approximate surface area is 108 Å². The van der Waals surface area contributed by atoms with Gasteiger partial charge in [0.05, 0.1) is 0 Å². The summed E-state index contributed by atoms with van der Waals surface area (Å²) in [5.41, 5.74) is 13.0. The van der Waals surface area contributed by atoms with Gasteiger partial charge in [0, 0.05) is 23.0 Å². The van der Waals surface area contributed by atoms with Gasteiger partial charge in [0.25, 0.3) is 5.91 Å². The zero-order chi connectivity index (χ0) is 13.1. The summed E-state index contributed by atoms with van der Waals surface area (Å²) in [6.45, 7) is 2.26. The lowest BCUT2D eigenvalue weighted by atomic mass is 9.87. The molecule has 0 unspecified atom stereocenters. The Hall–Kier alpha value is -1.71. The summed E-state index contributed by atoms with van der Waals surface area (Å²) in [5, 5.41) is 3.06. The Morgan fingerprint density at radius 1 is 1.11 bits per heavy atom. The maximum atomic E-state index is 12.1. The number of nitrogen functional groups attached to an aromatic ring is 2. The molecule has 1 aliphatic carbocycles. The summed E-state index contributed by atoms with van der Waals surface area (Å²) >= 11 is 0. The fraction of sp³-hybridized carbons (Fsp3) is 0.500. The van der Waals surface area contributed by atoms with E-state index < -0.39 is 0 Å². The van der Waals surface area contributed by atoms with Crippen molar-refractivity contribution >= 4 is 17.3 Å². The van der Waals surface area contributed by atoms with Crippen molar-refractivity contribution in [3.8, 4) is 0 Å². The molecular formula is C14H21N3O. The maximum absolute atomic E-state index is 12.1. The van der Waals surface area contributed by atoms with Gasteiger partial charge in [-0.15, -0.1) is 0 Å². The molecule has 98 valence electrons. The molecule has 0 aromatic heterocycles. The summed E-state index contributed by atoms with van der Waals surface area (Å²) in [5.74, 6) is 0.703. The topological polar surface area (TPSA) is 81.1 Å². The summed E-state index contributed by atoms with van der Waals surface area (Å²) in [4.78, 5) is 12.1. The third kappa shape index (κ3) is 3.15. The molecule has 1 amide bonds. The molecule has 0 bridgehead atoms. The van der Waals surface area contributed by atoms with Crippen LogP contribution >= 0.6 is 0 Å². The molecule has 1 aliphatic rings. The molecule has 1 aromatic carbocycles. The number of anilines is 2. The second-order valence-corrected chi connectivity index (χ2v) is 5.32. The van der Waals surface area contributed by atoms with Crippen molar-refractivity contribution in [3.63, 3.8) is 0 Å². The predicted molar refractivity (Wildman–Crippen MR) is 74.2 cm³/mol. The van der Waals surface area contributed by atoms with E-state index in [0.29, 0.717) is 16.9 Å². The van der Waals surface area contributed by atoms with Crippen molar-refractivity contribution in [3.05, 3.63) is 23.8 Å². The van der Waals surface area contributed by atoms with E-state index in [4.69, 9.17) is 11.5 Å². The second kappa shape index (κ2) is 5.29. The van der Waals surface area contributed by atoms with Crippen molar-refractivity contribution in [2.45, 2.75) is 38.6 Å². The zero-order valence-electron chi connectivity index (χ0n) is 10.8. The molecule has 2 rings (SSSR count). The third-order valence-electron chi connectivity index (χ3n) is 3.59. The maximum Gasteiger partial charge on any atom is 0.251 e. The van der Waals surface area contributed by atoms with Gasteiger partial charge in [0.1, 0.15) is 0 Å². The van der Waals surface area contributed by atoms with E-state index >= 15 is 0 Å². The van der Waals surface area contributed by atoms with Crippen LogP contribution in [-0.2, 0) is 0 Å². The van der Waals surface area contributed by atoms with E-state index in [0.717, 1.165) is 18.8 Å². The Kier molecular flexibility index (Phi) is 3.75. The molecule has 1 aromatic rings. The van der Waals surface area contributed by atoms with Crippen molar-refractivity contribution in [2.24, 2.45) is 5.92 Å². The number of nitrogens with two attached hydrogens (primary N) is 2. The van der Waals surface area contributed by atoms with Gasteiger partial charge in [0.2, 0.25) is 0 Å². The van der Waals surface area contributed by atoms with Crippen LogP contribution in [0.25, 0.3) is 0 Å². The van der Waals surface area contributed by atoms with Gasteiger partial charge in [-0.25, -0.2) is 0 Å². The number of hydrogen-bond acceptors (Lipinski definition) is 3. The van der Waals surface area contributed by atoms with Crippen molar-refractivity contribution in [1.82, 2.24) is 5.32 Å². The fourth-order valence-corrected chi connectivity index (χ4v) is 2.48. The molecule has 0 aliphatic heterocycles. The van der Waals surface area contributed by atoms with Crippen molar-refractivity contribution < 1.29 is 4.79 Å². The molecule has 18 heavy (non-hydrogen) atoms. The molecule has 5 N–H and O–H groups in total. The van der Waals surface area contributed by atoms with Gasteiger partial charge in [-0.2, -0.15) is 0 Å². The number of hydrogen-bond donors (Lipinski definition) is 3. The van der Waals surface area contributed by atoms with E-state index in [1.54, 1.807) is 18.2 Å². The van der Waals surface area contributed by atoms with Crippen LogP contribution in [0.3, 0.4) is 0 Å². The smallest absolute Gasteiger partial charge is 0.251 e. The van der Waals surface area contributed by atoms with Crippen LogP contribution in [0.2, 0.25) is 0 Å². The zero-order valence-corrected chi connectivity index (χ0v) is 10.8. The first kappa shape index (κ1) is 12.7. The van der Waals surface area contributed by atoms with E-state index in [1.807, 2.05) is 0 Å². The highest BCUT2D eigenvalue weighted by Crippen LogP contribution is 2.24. The summed E-state index contributed by atoms with van der Waals surface area (Å²) < 4.78 is 0. The first-order chi connectivity index (χ1) is 8.54. The third-order valence-corrected chi connectivity index (χ3v) is 3.59. The SMILES string of the molecule is CC1CCC(NC(=O)c2cc(N)cc(N)c2)CC1. The van der Waals surface area contributed by atoms with E-state index in [9.17, 15) is 4.79 Å². The minimum atomic E-state index is -0.0754. The lowest BCUT2D eigenvalue weighted by molar-refractivity contribution is 0.0923. The number of benzene rings is 1. The van der Waals surface area contributed by atoms with Crippen LogP contribution < -0.4 is 16.8 Å². The summed E-state index contributed by atoms with van der Waals surface area (Å²) in [6.07, 6.45) is 4.49. The first-order valence-corrected chi connectivity index (χ1v) is 6.51. The molecule has 0 saturated heterocycles. The van der Waals surface area contributed by atoms with Crippen LogP contribution in [0.4, 0.5) is 11.4 Å². The van der Waals surface area contributed by atoms with Gasteiger partial charge in [-0.1, -0.05) is 6.92 Å². The summed E-state index contributed by atoms with van der Waals surface area (Å²) in [6, 6.07) is 5.27. The van der Waals surface area contributed by atoms with Gasteiger partial charge in [-0.05, 0) is 49.8 Å². The number of amides is 1. The molecular weight excluding hydrogens is 226 g/mol. The van der Waals surface area contributed by atoms with Crippen LogP contribution in [0, 0.1) is 5.92 Å². The number of carbonyl (C=O) groups is 1. The monoisotopic (exact) mass is 247 g/mol. The molecule has 1 fully saturated rings. The highest BCUT2D eigenvalue weighted by Gasteiger charge is 2.20. The van der Waals surface area contributed by atoms with E-state index in [2.05, 4.69) is 12.2 Å². The van der Waals surface area contributed by atoms with Crippen molar-refractivity contribution in [2.75, 3.05) is 11.5 Å². The standard InChI is InChI=1S/C14H21N3O/c1-9-2-4-13(5-3-9)17-14(18)10-6-11(15)8-12(16)7-10/h6-9,13H,2-5,15-16H2,1H3,(H,17,18). The van der Waals surface area contributed by atoms with Gasteiger partial charge in [-0.3, -0.25) is 4.79 Å². The lowest BCUT2D eigenvalue weighted by Gasteiger charge is -2.27. The molecule has 0 radical (unpaired) electrons. The van der Waals surface area contributed by atoms with Gasteiger partial charge in [0.15, 0.2) is 0 Å². The van der Waals surface area contributed by atoms with Crippen LogP contribution in [0.15, 0.2) is 18.2 Å². The minimum Gasteiger partial charge on any atom is -0.399 e. The normalized spacial score (nSPS) is 23.6. The highest BCUT2D eigenvalue weighted by molar-refractivity contribution is 5.96. The lowest BCUT2D eigenvalue weighted by Crippen LogP contribution is -2.37.